The Morgan fingerprint density at radius 1 is 1.12 bits per heavy atom. The Hall–Kier alpha value is -3.98. The van der Waals surface area contributed by atoms with E-state index >= 15 is 0 Å². The molecule has 0 unspecified atom stereocenters. The fourth-order valence-corrected chi connectivity index (χ4v) is 4.55. The number of amides is 1. The van der Waals surface area contributed by atoms with Gasteiger partial charge < -0.3 is 14.8 Å². The van der Waals surface area contributed by atoms with Gasteiger partial charge in [-0.1, -0.05) is 36.4 Å². The van der Waals surface area contributed by atoms with E-state index in [-0.39, 0.29) is 13.2 Å². The number of aryl methyl sites for hydroxylation is 2. The lowest BCUT2D eigenvalue weighted by Crippen LogP contribution is -2.28. The molecule has 0 aliphatic rings. The minimum Gasteiger partial charge on any atom is -0.495 e. The molecule has 174 valence electrons. The molecule has 0 aliphatic heterocycles. The number of carbonyl (C=O) groups excluding carboxylic acids is 2. The Morgan fingerprint density at radius 2 is 1.88 bits per heavy atom. The summed E-state index contributed by atoms with van der Waals surface area (Å²) in [6, 6.07) is 14.8. The molecule has 0 spiro atoms. The number of carbonyl (C=O) groups is 2. The predicted octanol–water partition coefficient (Wildman–Crippen LogP) is 4.08. The number of ether oxygens (including phenoxy) is 2. The van der Waals surface area contributed by atoms with Gasteiger partial charge in [0, 0.05) is 0 Å². The first-order valence-corrected chi connectivity index (χ1v) is 11.3. The molecule has 4 rings (SSSR count). The molecule has 0 atom stereocenters. The van der Waals surface area contributed by atoms with Gasteiger partial charge in [-0.2, -0.15) is 0 Å². The van der Waals surface area contributed by atoms with Crippen molar-refractivity contribution in [3.05, 3.63) is 86.8 Å². The second-order valence-corrected chi connectivity index (χ2v) is 8.73. The van der Waals surface area contributed by atoms with E-state index in [4.69, 9.17) is 9.47 Å². The van der Waals surface area contributed by atoms with Crippen LogP contribution in [0.15, 0.2) is 59.7 Å². The van der Waals surface area contributed by atoms with Gasteiger partial charge in [-0.25, -0.2) is 9.78 Å². The number of nitrogens with one attached hydrogen (secondary N) is 1. The smallest absolute Gasteiger partial charge is 0.349 e. The highest BCUT2D eigenvalue weighted by atomic mass is 32.1. The molecule has 1 N–H and O–H groups in total. The minimum absolute atomic E-state index is 0.133. The predicted molar refractivity (Wildman–Crippen MR) is 131 cm³/mol. The molecule has 8 nitrogen and oxygen atoms in total. The summed E-state index contributed by atoms with van der Waals surface area (Å²) in [4.78, 5) is 43.4. The van der Waals surface area contributed by atoms with Crippen LogP contribution in [-0.2, 0) is 22.7 Å². The van der Waals surface area contributed by atoms with E-state index in [0.717, 1.165) is 22.5 Å². The average Bonchev–Trinajstić information content (AvgIpc) is 3.17. The number of hydrogen-bond acceptors (Lipinski definition) is 7. The lowest BCUT2D eigenvalue weighted by Gasteiger charge is -2.11. The Balaban J connectivity index is 1.54. The largest absolute Gasteiger partial charge is 0.495 e. The number of fused-ring (bicyclic) bond motifs is 1. The van der Waals surface area contributed by atoms with Crippen LogP contribution in [0.5, 0.6) is 5.75 Å². The fourth-order valence-electron chi connectivity index (χ4n) is 3.52. The maximum absolute atomic E-state index is 13.1. The fraction of sp³-hybridized carbons (Fsp3) is 0.200. The van der Waals surface area contributed by atoms with Crippen molar-refractivity contribution in [3.63, 3.8) is 0 Å². The molecule has 0 radical (unpaired) electrons. The van der Waals surface area contributed by atoms with Crippen molar-refractivity contribution in [1.82, 2.24) is 9.55 Å². The molecule has 2 aromatic carbocycles. The number of rotatable bonds is 7. The lowest BCUT2D eigenvalue weighted by atomic mass is 10.2. The molecular weight excluding hydrogens is 454 g/mol. The van der Waals surface area contributed by atoms with Crippen molar-refractivity contribution in [1.29, 1.82) is 0 Å². The molecule has 0 saturated carbocycles. The van der Waals surface area contributed by atoms with Crippen molar-refractivity contribution < 1.29 is 19.1 Å². The zero-order valence-electron chi connectivity index (χ0n) is 19.0. The number of nitrogens with zero attached hydrogens (tertiary/aromatic N) is 2. The molecular formula is C25H23N3O5S. The number of anilines is 1. The second-order valence-electron chi connectivity index (χ2n) is 7.73. The Bertz CT molecular complexity index is 1430. The normalized spacial score (nSPS) is 10.8. The maximum atomic E-state index is 13.1. The Morgan fingerprint density at radius 3 is 2.62 bits per heavy atom. The zero-order valence-corrected chi connectivity index (χ0v) is 19.8. The van der Waals surface area contributed by atoms with Crippen LogP contribution in [0.2, 0.25) is 0 Å². The van der Waals surface area contributed by atoms with Crippen LogP contribution in [0.25, 0.3) is 10.2 Å². The van der Waals surface area contributed by atoms with Gasteiger partial charge >= 0.3 is 5.97 Å². The number of thiophene rings is 1. The summed E-state index contributed by atoms with van der Waals surface area (Å²) in [6.07, 6.45) is 1.31. The highest BCUT2D eigenvalue weighted by Gasteiger charge is 2.21. The standard InChI is InChI=1S/C25H23N3O5S/c1-15-9-10-19(32-3)18(11-15)27-20(29)12-28-14-26-23-21(24(28)30)16(2)22(34-23)25(31)33-13-17-7-5-4-6-8-17/h4-11,14H,12-13H2,1-3H3,(H,27,29). The van der Waals surface area contributed by atoms with Crippen molar-refractivity contribution in [2.45, 2.75) is 27.0 Å². The third-order valence-electron chi connectivity index (χ3n) is 5.26. The summed E-state index contributed by atoms with van der Waals surface area (Å²) in [5.41, 5.74) is 2.44. The summed E-state index contributed by atoms with van der Waals surface area (Å²) in [5.74, 6) is -0.394. The van der Waals surface area contributed by atoms with Gasteiger partial charge in [0.1, 0.15) is 28.6 Å². The summed E-state index contributed by atoms with van der Waals surface area (Å²) >= 11 is 1.10. The number of methoxy groups -OCH3 is 1. The van der Waals surface area contributed by atoms with E-state index in [2.05, 4.69) is 10.3 Å². The van der Waals surface area contributed by atoms with Crippen molar-refractivity contribution in [2.24, 2.45) is 0 Å². The van der Waals surface area contributed by atoms with Crippen LogP contribution in [0.4, 0.5) is 5.69 Å². The first-order valence-electron chi connectivity index (χ1n) is 10.5. The minimum atomic E-state index is -0.514. The Kier molecular flexibility index (Phi) is 6.74. The highest BCUT2D eigenvalue weighted by molar-refractivity contribution is 7.20. The van der Waals surface area contributed by atoms with E-state index in [1.807, 2.05) is 43.3 Å². The monoisotopic (exact) mass is 477 g/mol. The first kappa shape index (κ1) is 23.2. The number of aromatic nitrogens is 2. The quantitative estimate of drug-likeness (QED) is 0.403. The zero-order chi connectivity index (χ0) is 24.2. The van der Waals surface area contributed by atoms with Crippen LogP contribution in [-0.4, -0.2) is 28.5 Å². The number of benzene rings is 2. The molecule has 2 heterocycles. The number of hydrogen-bond donors (Lipinski definition) is 1. The van der Waals surface area contributed by atoms with Gasteiger partial charge in [0.25, 0.3) is 5.56 Å². The molecule has 9 heteroatoms. The third-order valence-corrected chi connectivity index (χ3v) is 6.44. The van der Waals surface area contributed by atoms with E-state index in [1.165, 1.54) is 18.0 Å². The van der Waals surface area contributed by atoms with E-state index in [0.29, 0.717) is 32.1 Å². The third kappa shape index (κ3) is 4.84. The number of esters is 1. The topological polar surface area (TPSA) is 99.5 Å². The van der Waals surface area contributed by atoms with Gasteiger partial charge in [0.2, 0.25) is 5.91 Å². The van der Waals surface area contributed by atoms with Gasteiger partial charge in [-0.05, 0) is 42.7 Å². The summed E-state index contributed by atoms with van der Waals surface area (Å²) in [6.45, 7) is 3.48. The molecule has 0 aliphatic carbocycles. The molecule has 34 heavy (non-hydrogen) atoms. The van der Waals surface area contributed by atoms with E-state index in [9.17, 15) is 14.4 Å². The van der Waals surface area contributed by atoms with Gasteiger partial charge in [0.15, 0.2) is 0 Å². The maximum Gasteiger partial charge on any atom is 0.349 e. The van der Waals surface area contributed by atoms with Crippen LogP contribution in [0.1, 0.15) is 26.4 Å². The van der Waals surface area contributed by atoms with Crippen LogP contribution in [0, 0.1) is 13.8 Å². The molecule has 0 bridgehead atoms. The van der Waals surface area contributed by atoms with Crippen LogP contribution < -0.4 is 15.6 Å². The lowest BCUT2D eigenvalue weighted by molar-refractivity contribution is -0.116. The van der Waals surface area contributed by atoms with Crippen molar-refractivity contribution in [2.75, 3.05) is 12.4 Å². The Labute approximate surface area is 199 Å². The second kappa shape index (κ2) is 9.88. The van der Waals surface area contributed by atoms with Crippen molar-refractivity contribution in [3.8, 4) is 5.75 Å². The summed E-state index contributed by atoms with van der Waals surface area (Å²) < 4.78 is 11.9. The molecule has 2 aromatic heterocycles. The molecule has 1 amide bonds. The molecule has 0 fully saturated rings. The highest BCUT2D eigenvalue weighted by Crippen LogP contribution is 2.28. The summed E-state index contributed by atoms with van der Waals surface area (Å²) in [7, 11) is 1.52. The van der Waals surface area contributed by atoms with Crippen LogP contribution >= 0.6 is 11.3 Å². The van der Waals surface area contributed by atoms with Crippen molar-refractivity contribution >= 4 is 39.1 Å². The summed E-state index contributed by atoms with van der Waals surface area (Å²) in [5, 5.41) is 3.08. The average molecular weight is 478 g/mol. The van der Waals surface area contributed by atoms with Gasteiger partial charge in [-0.15, -0.1) is 11.3 Å². The first-order chi connectivity index (χ1) is 16.4. The van der Waals surface area contributed by atoms with Gasteiger partial charge in [0.05, 0.1) is 24.5 Å². The SMILES string of the molecule is COc1ccc(C)cc1NC(=O)Cn1cnc2sc(C(=O)OCc3ccccc3)c(C)c2c1=O. The molecule has 4 aromatic rings. The van der Waals surface area contributed by atoms with E-state index < -0.39 is 17.4 Å². The van der Waals surface area contributed by atoms with Crippen LogP contribution in [0.3, 0.4) is 0 Å². The molecule has 0 saturated heterocycles. The van der Waals surface area contributed by atoms with E-state index in [1.54, 1.807) is 19.1 Å². The van der Waals surface area contributed by atoms with Gasteiger partial charge in [-0.3, -0.25) is 14.2 Å².